The summed E-state index contributed by atoms with van der Waals surface area (Å²) >= 11 is 3.23. The summed E-state index contributed by atoms with van der Waals surface area (Å²) in [6.45, 7) is 0.213. The van der Waals surface area contributed by atoms with Gasteiger partial charge in [-0.2, -0.15) is 0 Å². The number of thiazole rings is 1. The fourth-order valence-corrected chi connectivity index (χ4v) is 4.30. The molecule has 4 aromatic rings. The number of benzene rings is 2. The molecule has 4 nitrogen and oxygen atoms in total. The van der Waals surface area contributed by atoms with Crippen molar-refractivity contribution in [3.8, 4) is 0 Å². The molecule has 126 valence electrons. The minimum Gasteiger partial charge on any atom is -0.248 e. The highest BCUT2D eigenvalue weighted by atomic mass is 32.2. The second-order valence-corrected chi connectivity index (χ2v) is 7.63. The Balaban J connectivity index is 1.42. The van der Waals surface area contributed by atoms with Gasteiger partial charge in [0.2, 0.25) is 0 Å². The van der Waals surface area contributed by atoms with E-state index >= 15 is 0 Å². The Morgan fingerprint density at radius 1 is 1.12 bits per heavy atom. The summed E-state index contributed by atoms with van der Waals surface area (Å²) in [5, 5.41) is 8.11. The average molecular weight is 374 g/mol. The lowest BCUT2D eigenvalue weighted by Gasteiger charge is -2.02. The topological polar surface area (TPSA) is 43.6 Å². The Bertz CT molecular complexity index is 995. The largest absolute Gasteiger partial charge is 0.248 e. The zero-order valence-corrected chi connectivity index (χ0v) is 14.5. The molecule has 0 fully saturated rings. The van der Waals surface area contributed by atoms with E-state index in [0.717, 1.165) is 26.3 Å². The van der Waals surface area contributed by atoms with E-state index < -0.39 is 11.6 Å². The molecule has 4 rings (SSSR count). The van der Waals surface area contributed by atoms with Crippen LogP contribution in [0, 0.1) is 11.6 Å². The van der Waals surface area contributed by atoms with E-state index in [0.29, 0.717) is 11.3 Å². The molecule has 0 unspecified atom stereocenters. The molecule has 0 amide bonds. The lowest BCUT2D eigenvalue weighted by atomic mass is 10.2. The summed E-state index contributed by atoms with van der Waals surface area (Å²) in [4.78, 5) is 4.56. The number of para-hydroxylation sites is 1. The van der Waals surface area contributed by atoms with Gasteiger partial charge < -0.3 is 0 Å². The van der Waals surface area contributed by atoms with Gasteiger partial charge in [0.15, 0.2) is 4.34 Å². The Labute approximate surface area is 150 Å². The maximum atomic E-state index is 13.7. The third-order valence-corrected chi connectivity index (χ3v) is 5.76. The summed E-state index contributed by atoms with van der Waals surface area (Å²) in [5.74, 6) is -0.542. The summed E-state index contributed by atoms with van der Waals surface area (Å²) in [5.41, 5.74) is 2.15. The van der Waals surface area contributed by atoms with Crippen molar-refractivity contribution in [2.45, 2.75) is 16.6 Å². The van der Waals surface area contributed by atoms with Crippen LogP contribution in [0.5, 0.6) is 0 Å². The Kier molecular flexibility index (Phi) is 4.46. The molecule has 0 spiro atoms. The van der Waals surface area contributed by atoms with E-state index in [1.165, 1.54) is 12.1 Å². The van der Waals surface area contributed by atoms with E-state index in [1.807, 2.05) is 24.3 Å². The van der Waals surface area contributed by atoms with Crippen LogP contribution in [-0.2, 0) is 12.3 Å². The Morgan fingerprint density at radius 3 is 2.84 bits per heavy atom. The first-order chi connectivity index (χ1) is 12.2. The van der Waals surface area contributed by atoms with Crippen LogP contribution in [-0.4, -0.2) is 20.0 Å². The van der Waals surface area contributed by atoms with Crippen molar-refractivity contribution in [3.05, 3.63) is 71.6 Å². The van der Waals surface area contributed by atoms with Gasteiger partial charge in [-0.1, -0.05) is 35.2 Å². The molecule has 0 saturated carbocycles. The summed E-state index contributed by atoms with van der Waals surface area (Å²) in [7, 11) is 0. The van der Waals surface area contributed by atoms with Crippen molar-refractivity contribution < 1.29 is 8.78 Å². The van der Waals surface area contributed by atoms with Gasteiger partial charge in [0, 0.05) is 23.6 Å². The fourth-order valence-electron chi connectivity index (χ4n) is 2.35. The molecule has 0 saturated heterocycles. The van der Waals surface area contributed by atoms with Gasteiger partial charge in [0.1, 0.15) is 11.6 Å². The SMILES string of the molecule is Fc1ccc(Cn2cc(CSc3nc4ccccc4s3)nn2)c(F)c1. The number of fused-ring (bicyclic) bond motifs is 1. The molecule has 25 heavy (non-hydrogen) atoms. The Hall–Kier alpha value is -2.32. The zero-order valence-electron chi connectivity index (χ0n) is 12.9. The quantitative estimate of drug-likeness (QED) is 0.482. The second kappa shape index (κ2) is 6.89. The van der Waals surface area contributed by atoms with Crippen LogP contribution >= 0.6 is 23.1 Å². The van der Waals surface area contributed by atoms with Crippen molar-refractivity contribution in [2.75, 3.05) is 0 Å². The standard InChI is InChI=1S/C17H12F2N4S2/c18-12-6-5-11(14(19)7-12)8-23-9-13(21-22-23)10-24-17-20-15-3-1-2-4-16(15)25-17/h1-7,9H,8,10H2. The molecule has 0 aliphatic rings. The molecule has 0 aliphatic heterocycles. The van der Waals surface area contributed by atoms with E-state index in [1.54, 1.807) is 34.0 Å². The third kappa shape index (κ3) is 3.69. The van der Waals surface area contributed by atoms with Crippen molar-refractivity contribution in [1.29, 1.82) is 0 Å². The van der Waals surface area contributed by atoms with Crippen LogP contribution in [0.3, 0.4) is 0 Å². The van der Waals surface area contributed by atoms with Crippen LogP contribution in [0.15, 0.2) is 53.0 Å². The Morgan fingerprint density at radius 2 is 2.00 bits per heavy atom. The highest BCUT2D eigenvalue weighted by molar-refractivity contribution is 8.00. The molecular weight excluding hydrogens is 362 g/mol. The van der Waals surface area contributed by atoms with E-state index in [2.05, 4.69) is 15.3 Å². The number of nitrogens with zero attached hydrogens (tertiary/aromatic N) is 4. The lowest BCUT2D eigenvalue weighted by molar-refractivity contribution is 0.554. The molecule has 2 aromatic heterocycles. The maximum absolute atomic E-state index is 13.7. The summed E-state index contributed by atoms with van der Waals surface area (Å²) < 4.78 is 30.3. The van der Waals surface area contributed by atoms with Gasteiger partial charge in [-0.3, -0.25) is 0 Å². The van der Waals surface area contributed by atoms with E-state index in [-0.39, 0.29) is 6.54 Å². The average Bonchev–Trinajstić information content (AvgIpc) is 3.21. The second-order valence-electron chi connectivity index (χ2n) is 5.38. The van der Waals surface area contributed by atoms with Crippen molar-refractivity contribution >= 4 is 33.3 Å². The van der Waals surface area contributed by atoms with E-state index in [4.69, 9.17) is 0 Å². The number of rotatable bonds is 5. The summed E-state index contributed by atoms with van der Waals surface area (Å²) in [6, 6.07) is 11.5. The number of hydrogen-bond acceptors (Lipinski definition) is 5. The van der Waals surface area contributed by atoms with Gasteiger partial charge in [-0.05, 0) is 18.2 Å². The highest BCUT2D eigenvalue weighted by Gasteiger charge is 2.09. The third-order valence-electron chi connectivity index (χ3n) is 3.55. The predicted octanol–water partition coefficient (Wildman–Crippen LogP) is 4.51. The number of aromatic nitrogens is 4. The number of thioether (sulfide) groups is 1. The first-order valence-electron chi connectivity index (χ1n) is 7.49. The van der Waals surface area contributed by atoms with E-state index in [9.17, 15) is 8.78 Å². The molecule has 0 N–H and O–H groups in total. The van der Waals surface area contributed by atoms with Gasteiger partial charge in [-0.15, -0.1) is 16.4 Å². The maximum Gasteiger partial charge on any atom is 0.151 e. The first kappa shape index (κ1) is 16.2. The molecule has 2 heterocycles. The molecule has 0 atom stereocenters. The molecule has 0 radical (unpaired) electrons. The minimum atomic E-state index is -0.590. The minimum absolute atomic E-state index is 0.213. The van der Waals surface area contributed by atoms with Gasteiger partial charge in [0.05, 0.1) is 22.5 Å². The summed E-state index contributed by atoms with van der Waals surface area (Å²) in [6.07, 6.45) is 1.77. The van der Waals surface area contributed by atoms with Crippen molar-refractivity contribution in [3.63, 3.8) is 0 Å². The van der Waals surface area contributed by atoms with Crippen LogP contribution in [0.4, 0.5) is 8.78 Å². The molecule has 0 bridgehead atoms. The zero-order chi connectivity index (χ0) is 17.2. The van der Waals surface area contributed by atoms with Gasteiger partial charge >= 0.3 is 0 Å². The normalized spacial score (nSPS) is 11.3. The smallest absolute Gasteiger partial charge is 0.151 e. The predicted molar refractivity (Wildman–Crippen MR) is 94.7 cm³/mol. The molecule has 2 aromatic carbocycles. The highest BCUT2D eigenvalue weighted by Crippen LogP contribution is 2.30. The van der Waals surface area contributed by atoms with Crippen LogP contribution in [0.2, 0.25) is 0 Å². The van der Waals surface area contributed by atoms with Crippen molar-refractivity contribution in [1.82, 2.24) is 20.0 Å². The van der Waals surface area contributed by atoms with Gasteiger partial charge in [-0.25, -0.2) is 18.4 Å². The molecular formula is C17H12F2N4S2. The number of halogens is 2. The van der Waals surface area contributed by atoms with Gasteiger partial charge in [0.25, 0.3) is 0 Å². The number of hydrogen-bond donors (Lipinski definition) is 0. The lowest BCUT2D eigenvalue weighted by Crippen LogP contribution is -2.03. The monoisotopic (exact) mass is 374 g/mol. The van der Waals surface area contributed by atoms with Crippen molar-refractivity contribution in [2.24, 2.45) is 0 Å². The van der Waals surface area contributed by atoms with Crippen LogP contribution in [0.25, 0.3) is 10.2 Å². The molecule has 8 heteroatoms. The van der Waals surface area contributed by atoms with Crippen LogP contribution in [0.1, 0.15) is 11.3 Å². The first-order valence-corrected chi connectivity index (χ1v) is 9.29. The fraction of sp³-hybridized carbons (Fsp3) is 0.118. The molecule has 0 aliphatic carbocycles. The van der Waals surface area contributed by atoms with Crippen LogP contribution < -0.4 is 0 Å².